The van der Waals surface area contributed by atoms with Crippen LogP contribution in [0.5, 0.6) is 0 Å². The Hall–Kier alpha value is -0.795. The van der Waals surface area contributed by atoms with Crippen molar-refractivity contribution in [3.05, 3.63) is 29.8 Å². The van der Waals surface area contributed by atoms with Crippen LogP contribution < -0.4 is 5.46 Å². The molecule has 0 amide bonds. The number of hydrogen-bond acceptors (Lipinski definition) is 2. The van der Waals surface area contributed by atoms with Gasteiger partial charge in [-0.3, -0.25) is 0 Å². The molecule has 0 spiro atoms. The van der Waals surface area contributed by atoms with Crippen LogP contribution >= 0.6 is 0 Å². The second-order valence-corrected chi connectivity index (χ2v) is 3.79. The van der Waals surface area contributed by atoms with Gasteiger partial charge in [-0.1, -0.05) is 44.5 Å². The minimum atomic E-state index is -1.35. The van der Waals surface area contributed by atoms with Gasteiger partial charge in [0.15, 0.2) is 0 Å². The fraction of sp³-hybridized carbons (Fsp3) is 0.455. The van der Waals surface area contributed by atoms with Crippen LogP contribution in [0.4, 0.5) is 0 Å². The molecule has 0 fully saturated rings. The maximum atomic E-state index is 9.15. The average Bonchev–Trinajstić information content (AvgIpc) is 2.18. The largest absolute Gasteiger partial charge is 0.488 e. The van der Waals surface area contributed by atoms with E-state index in [0.717, 1.165) is 18.4 Å². The SMILES string of the molecule is CCC(C)Cc1ccccc1B(O)O. The van der Waals surface area contributed by atoms with Crippen molar-refractivity contribution in [3.8, 4) is 0 Å². The van der Waals surface area contributed by atoms with Crippen molar-refractivity contribution in [1.29, 1.82) is 0 Å². The van der Waals surface area contributed by atoms with Crippen molar-refractivity contribution in [3.63, 3.8) is 0 Å². The highest BCUT2D eigenvalue weighted by Crippen LogP contribution is 2.09. The molecule has 0 heterocycles. The molecule has 0 saturated carbocycles. The third-order valence-electron chi connectivity index (χ3n) is 2.60. The van der Waals surface area contributed by atoms with E-state index in [4.69, 9.17) is 10.0 Å². The van der Waals surface area contributed by atoms with Gasteiger partial charge in [0.05, 0.1) is 0 Å². The van der Waals surface area contributed by atoms with E-state index in [1.54, 1.807) is 6.07 Å². The van der Waals surface area contributed by atoms with E-state index < -0.39 is 7.12 Å². The zero-order chi connectivity index (χ0) is 10.6. The third-order valence-corrected chi connectivity index (χ3v) is 2.60. The summed E-state index contributed by atoms with van der Waals surface area (Å²) in [5, 5.41) is 18.3. The quantitative estimate of drug-likeness (QED) is 0.697. The number of benzene rings is 1. The van der Waals surface area contributed by atoms with Crippen molar-refractivity contribution in [1.82, 2.24) is 0 Å². The van der Waals surface area contributed by atoms with Crippen molar-refractivity contribution in [2.75, 3.05) is 0 Å². The van der Waals surface area contributed by atoms with Crippen LogP contribution in [0, 0.1) is 5.92 Å². The van der Waals surface area contributed by atoms with Gasteiger partial charge in [0, 0.05) is 0 Å². The predicted octanol–water partition coefficient (Wildman–Crippen LogP) is 0.955. The van der Waals surface area contributed by atoms with Crippen LogP contribution in [0.1, 0.15) is 25.8 Å². The molecule has 1 rings (SSSR count). The molecule has 2 nitrogen and oxygen atoms in total. The van der Waals surface area contributed by atoms with Crippen LogP contribution in [0.25, 0.3) is 0 Å². The summed E-state index contributed by atoms with van der Waals surface area (Å²) in [6, 6.07) is 7.49. The Bertz CT molecular complexity index is 286. The first-order chi connectivity index (χ1) is 6.65. The summed E-state index contributed by atoms with van der Waals surface area (Å²) in [6.45, 7) is 4.31. The van der Waals surface area contributed by atoms with Crippen LogP contribution in [0.15, 0.2) is 24.3 Å². The molecule has 0 saturated heterocycles. The third kappa shape index (κ3) is 2.86. The summed E-state index contributed by atoms with van der Waals surface area (Å²) >= 11 is 0. The fourth-order valence-electron chi connectivity index (χ4n) is 1.49. The standard InChI is InChI=1S/C11H17BO2/c1-3-9(2)8-10-6-4-5-7-11(10)12(13)14/h4-7,9,13-14H,3,8H2,1-2H3. The lowest BCUT2D eigenvalue weighted by Gasteiger charge is -2.12. The summed E-state index contributed by atoms with van der Waals surface area (Å²) in [4.78, 5) is 0. The maximum absolute atomic E-state index is 9.15. The highest BCUT2D eigenvalue weighted by Gasteiger charge is 2.15. The van der Waals surface area contributed by atoms with Crippen LogP contribution in [-0.2, 0) is 6.42 Å². The van der Waals surface area contributed by atoms with E-state index in [2.05, 4.69) is 13.8 Å². The van der Waals surface area contributed by atoms with Crippen molar-refractivity contribution < 1.29 is 10.0 Å². The molecular weight excluding hydrogens is 175 g/mol. The lowest BCUT2D eigenvalue weighted by molar-refractivity contribution is 0.425. The summed E-state index contributed by atoms with van der Waals surface area (Å²) in [6.07, 6.45) is 2.01. The molecule has 1 unspecified atom stereocenters. The molecule has 3 heteroatoms. The molecule has 1 aromatic rings. The van der Waals surface area contributed by atoms with E-state index in [0.29, 0.717) is 11.4 Å². The Labute approximate surface area is 85.7 Å². The summed E-state index contributed by atoms with van der Waals surface area (Å²) in [5.74, 6) is 0.579. The van der Waals surface area contributed by atoms with Gasteiger partial charge in [0.2, 0.25) is 0 Å². The average molecular weight is 192 g/mol. The molecule has 1 atom stereocenters. The monoisotopic (exact) mass is 192 g/mol. The minimum absolute atomic E-state index is 0.579. The second kappa shape index (κ2) is 5.18. The van der Waals surface area contributed by atoms with Gasteiger partial charge in [0.1, 0.15) is 0 Å². The van der Waals surface area contributed by atoms with Crippen molar-refractivity contribution >= 4 is 12.6 Å². The van der Waals surface area contributed by atoms with Gasteiger partial charge in [-0.15, -0.1) is 0 Å². The fourth-order valence-corrected chi connectivity index (χ4v) is 1.49. The summed E-state index contributed by atoms with van der Waals surface area (Å²) in [7, 11) is -1.35. The van der Waals surface area contributed by atoms with E-state index in [9.17, 15) is 0 Å². The minimum Gasteiger partial charge on any atom is -0.423 e. The molecule has 76 valence electrons. The lowest BCUT2D eigenvalue weighted by atomic mass is 9.75. The van der Waals surface area contributed by atoms with Crippen molar-refractivity contribution in [2.45, 2.75) is 26.7 Å². The van der Waals surface area contributed by atoms with Gasteiger partial charge in [0.25, 0.3) is 0 Å². The normalized spacial score (nSPS) is 12.6. The first-order valence-electron chi connectivity index (χ1n) is 5.09. The number of hydrogen-bond donors (Lipinski definition) is 2. The second-order valence-electron chi connectivity index (χ2n) is 3.79. The topological polar surface area (TPSA) is 40.5 Å². The highest BCUT2D eigenvalue weighted by atomic mass is 16.4. The molecule has 0 aromatic heterocycles. The van der Waals surface area contributed by atoms with Gasteiger partial charge in [-0.2, -0.15) is 0 Å². The summed E-state index contributed by atoms with van der Waals surface area (Å²) < 4.78 is 0. The Kier molecular flexibility index (Phi) is 4.17. The van der Waals surface area contributed by atoms with E-state index in [1.807, 2.05) is 18.2 Å². The predicted molar refractivity (Wildman–Crippen MR) is 59.4 cm³/mol. The smallest absolute Gasteiger partial charge is 0.423 e. The Balaban J connectivity index is 2.84. The molecule has 0 bridgehead atoms. The molecule has 1 aromatic carbocycles. The van der Waals surface area contributed by atoms with Gasteiger partial charge in [-0.25, -0.2) is 0 Å². The molecular formula is C11H17BO2. The van der Waals surface area contributed by atoms with E-state index in [-0.39, 0.29) is 0 Å². The molecule has 0 aliphatic rings. The van der Waals surface area contributed by atoms with Gasteiger partial charge >= 0.3 is 7.12 Å². The molecule has 2 N–H and O–H groups in total. The van der Waals surface area contributed by atoms with Gasteiger partial charge < -0.3 is 10.0 Å². The zero-order valence-corrected chi connectivity index (χ0v) is 8.77. The van der Waals surface area contributed by atoms with Crippen LogP contribution in [0.2, 0.25) is 0 Å². The Morgan fingerprint density at radius 1 is 1.29 bits per heavy atom. The van der Waals surface area contributed by atoms with E-state index in [1.165, 1.54) is 0 Å². The van der Waals surface area contributed by atoms with Crippen LogP contribution in [0.3, 0.4) is 0 Å². The Morgan fingerprint density at radius 3 is 2.50 bits per heavy atom. The Morgan fingerprint density at radius 2 is 1.93 bits per heavy atom. The summed E-state index contributed by atoms with van der Waals surface area (Å²) in [5.41, 5.74) is 1.67. The van der Waals surface area contributed by atoms with Gasteiger partial charge in [-0.05, 0) is 23.4 Å². The first-order valence-corrected chi connectivity index (χ1v) is 5.09. The van der Waals surface area contributed by atoms with Crippen molar-refractivity contribution in [2.24, 2.45) is 5.92 Å². The molecule has 0 radical (unpaired) electrons. The lowest BCUT2D eigenvalue weighted by Crippen LogP contribution is -2.33. The highest BCUT2D eigenvalue weighted by molar-refractivity contribution is 6.59. The van der Waals surface area contributed by atoms with E-state index >= 15 is 0 Å². The molecule has 0 aliphatic carbocycles. The molecule has 0 aliphatic heterocycles. The zero-order valence-electron chi connectivity index (χ0n) is 8.77. The first kappa shape index (κ1) is 11.3. The molecule has 14 heavy (non-hydrogen) atoms. The maximum Gasteiger partial charge on any atom is 0.488 e. The number of rotatable bonds is 4. The van der Waals surface area contributed by atoms with Crippen LogP contribution in [-0.4, -0.2) is 17.2 Å².